The first-order valence-corrected chi connectivity index (χ1v) is 25.7. The van der Waals surface area contributed by atoms with Crippen molar-refractivity contribution >= 4 is 11.9 Å². The molecule has 0 saturated heterocycles. The molecule has 0 bridgehead atoms. The van der Waals surface area contributed by atoms with Crippen LogP contribution in [0.25, 0.3) is 0 Å². The number of amides is 1. The molecular formula is C53H99NO5. The Labute approximate surface area is 366 Å². The van der Waals surface area contributed by atoms with E-state index < -0.39 is 18.2 Å². The fraction of sp³-hybridized carbons (Fsp3) is 0.849. The molecule has 0 heterocycles. The summed E-state index contributed by atoms with van der Waals surface area (Å²) in [5.74, 6) is -0.490. The number of carbonyl (C=O) groups excluding carboxylic acids is 2. The van der Waals surface area contributed by atoms with Crippen LogP contribution in [0, 0.1) is 0 Å². The number of aliphatic hydroxyl groups excluding tert-OH is 2. The van der Waals surface area contributed by atoms with E-state index in [0.717, 1.165) is 83.5 Å². The highest BCUT2D eigenvalue weighted by atomic mass is 16.5. The number of esters is 1. The van der Waals surface area contributed by atoms with Crippen LogP contribution in [0.4, 0.5) is 0 Å². The molecule has 0 radical (unpaired) electrons. The zero-order chi connectivity index (χ0) is 43.1. The number of hydrogen-bond donors (Lipinski definition) is 3. The van der Waals surface area contributed by atoms with Crippen molar-refractivity contribution in [1.82, 2.24) is 5.32 Å². The molecule has 0 aromatic carbocycles. The van der Waals surface area contributed by atoms with Crippen LogP contribution in [0.1, 0.15) is 265 Å². The number of allylic oxidation sites excluding steroid dienone is 6. The molecule has 3 atom stereocenters. The normalized spacial score (nSPS) is 13.5. The first-order valence-electron chi connectivity index (χ1n) is 25.7. The maximum Gasteiger partial charge on any atom is 0.306 e. The van der Waals surface area contributed by atoms with Gasteiger partial charge in [0.2, 0.25) is 5.91 Å². The van der Waals surface area contributed by atoms with Gasteiger partial charge in [0.25, 0.3) is 0 Å². The van der Waals surface area contributed by atoms with Gasteiger partial charge in [-0.05, 0) is 57.8 Å². The molecule has 6 heteroatoms. The molecule has 0 aromatic rings. The van der Waals surface area contributed by atoms with Crippen molar-refractivity contribution in [2.45, 2.75) is 283 Å². The molecule has 0 aliphatic carbocycles. The smallest absolute Gasteiger partial charge is 0.306 e. The lowest BCUT2D eigenvalue weighted by Gasteiger charge is -2.24. The van der Waals surface area contributed by atoms with Crippen LogP contribution in [0.2, 0.25) is 0 Å². The fourth-order valence-electron chi connectivity index (χ4n) is 7.86. The molecule has 3 N–H and O–H groups in total. The SMILES string of the molecule is CC/C=C/C/C=C/C/C=C/CCCCCCC(CC(=O)NC(CO)C(O)CCCCCCCCCCCCCCCCCCC)OC(=O)CCCCCCCCCCC. The summed E-state index contributed by atoms with van der Waals surface area (Å²) in [7, 11) is 0. The number of carbonyl (C=O) groups is 2. The number of nitrogens with one attached hydrogen (secondary N) is 1. The van der Waals surface area contributed by atoms with Crippen LogP contribution < -0.4 is 5.32 Å². The summed E-state index contributed by atoms with van der Waals surface area (Å²) in [5.41, 5.74) is 0. The number of aliphatic hydroxyl groups is 2. The Kier molecular flexibility index (Phi) is 45.6. The number of rotatable bonds is 46. The summed E-state index contributed by atoms with van der Waals surface area (Å²) >= 11 is 0. The van der Waals surface area contributed by atoms with Crippen molar-refractivity contribution in [3.8, 4) is 0 Å². The second-order valence-electron chi connectivity index (χ2n) is 17.5. The minimum Gasteiger partial charge on any atom is -0.462 e. The van der Waals surface area contributed by atoms with Crippen molar-refractivity contribution in [1.29, 1.82) is 0 Å². The van der Waals surface area contributed by atoms with Gasteiger partial charge in [-0.25, -0.2) is 0 Å². The molecule has 1 amide bonds. The second kappa shape index (κ2) is 47.1. The predicted octanol–water partition coefficient (Wildman–Crippen LogP) is 15.3. The zero-order valence-electron chi connectivity index (χ0n) is 39.4. The van der Waals surface area contributed by atoms with Gasteiger partial charge in [0.15, 0.2) is 0 Å². The molecule has 59 heavy (non-hydrogen) atoms. The zero-order valence-corrected chi connectivity index (χ0v) is 39.4. The molecule has 0 fully saturated rings. The fourth-order valence-corrected chi connectivity index (χ4v) is 7.86. The van der Waals surface area contributed by atoms with Gasteiger partial charge in [0.05, 0.1) is 25.2 Å². The molecule has 0 spiro atoms. The molecule has 0 saturated carbocycles. The quantitative estimate of drug-likeness (QED) is 0.0323. The van der Waals surface area contributed by atoms with Gasteiger partial charge < -0.3 is 20.3 Å². The third kappa shape index (κ3) is 42.6. The van der Waals surface area contributed by atoms with Crippen molar-refractivity contribution in [2.24, 2.45) is 0 Å². The average molecular weight is 830 g/mol. The summed E-state index contributed by atoms with van der Waals surface area (Å²) in [6, 6.07) is -0.705. The molecule has 0 rings (SSSR count). The number of hydrogen-bond acceptors (Lipinski definition) is 5. The average Bonchev–Trinajstić information content (AvgIpc) is 3.23. The highest BCUT2D eigenvalue weighted by molar-refractivity contribution is 5.77. The lowest BCUT2D eigenvalue weighted by atomic mass is 10.0. The van der Waals surface area contributed by atoms with Crippen LogP contribution in [-0.4, -0.2) is 46.9 Å². The lowest BCUT2D eigenvalue weighted by molar-refractivity contribution is -0.151. The highest BCUT2D eigenvalue weighted by Crippen LogP contribution is 2.18. The van der Waals surface area contributed by atoms with Gasteiger partial charge in [0, 0.05) is 6.42 Å². The van der Waals surface area contributed by atoms with Gasteiger partial charge in [-0.2, -0.15) is 0 Å². The standard InChI is InChI=1S/C53H99NO5/c1-4-7-10-13-16-19-21-23-25-26-27-29-31-34-36-39-42-45-51(56)50(48-55)54-52(57)47-49(59-53(58)46-43-40-37-32-18-15-12-9-6-3)44-41-38-35-33-30-28-24-22-20-17-14-11-8-5-2/h8,11,17,20,24,28,49-51,55-56H,4-7,9-10,12-16,18-19,21-23,25-27,29-48H2,1-3H3,(H,54,57)/b11-8+,20-17+,28-24+. The number of ether oxygens (including phenoxy) is 1. The molecular weight excluding hydrogens is 731 g/mol. The van der Waals surface area contributed by atoms with Crippen molar-refractivity contribution in [3.05, 3.63) is 36.5 Å². The van der Waals surface area contributed by atoms with Crippen LogP contribution in [0.5, 0.6) is 0 Å². The molecule has 0 aliphatic heterocycles. The van der Waals surface area contributed by atoms with E-state index in [4.69, 9.17) is 4.74 Å². The minimum atomic E-state index is -0.791. The Balaban J connectivity index is 4.49. The van der Waals surface area contributed by atoms with E-state index in [2.05, 4.69) is 62.5 Å². The minimum absolute atomic E-state index is 0.0658. The van der Waals surface area contributed by atoms with Crippen molar-refractivity contribution in [3.63, 3.8) is 0 Å². The maximum absolute atomic E-state index is 13.2. The Hall–Kier alpha value is -1.92. The lowest BCUT2D eigenvalue weighted by Crippen LogP contribution is -2.46. The van der Waals surface area contributed by atoms with Crippen LogP contribution in [0.3, 0.4) is 0 Å². The molecule has 0 aromatic heterocycles. The van der Waals surface area contributed by atoms with E-state index >= 15 is 0 Å². The topological polar surface area (TPSA) is 95.9 Å². The van der Waals surface area contributed by atoms with Crippen molar-refractivity contribution < 1.29 is 24.5 Å². The maximum atomic E-state index is 13.2. The monoisotopic (exact) mass is 830 g/mol. The summed E-state index contributed by atoms with van der Waals surface area (Å²) in [6.45, 7) is 6.36. The summed E-state index contributed by atoms with van der Waals surface area (Å²) in [4.78, 5) is 26.0. The van der Waals surface area contributed by atoms with E-state index in [1.165, 1.54) is 135 Å². The molecule has 6 nitrogen and oxygen atoms in total. The van der Waals surface area contributed by atoms with Crippen LogP contribution in [0.15, 0.2) is 36.5 Å². The Bertz CT molecular complexity index is 977. The Morgan fingerprint density at radius 2 is 0.915 bits per heavy atom. The Morgan fingerprint density at radius 3 is 1.39 bits per heavy atom. The third-order valence-corrected chi connectivity index (χ3v) is 11.7. The van der Waals surface area contributed by atoms with E-state index in [-0.39, 0.29) is 24.9 Å². The van der Waals surface area contributed by atoms with Gasteiger partial charge in [-0.3, -0.25) is 9.59 Å². The second-order valence-corrected chi connectivity index (χ2v) is 17.5. The van der Waals surface area contributed by atoms with E-state index in [1.807, 2.05) is 0 Å². The number of unbranched alkanes of at least 4 members (excludes halogenated alkanes) is 28. The summed E-state index contributed by atoms with van der Waals surface area (Å²) in [6.07, 6.45) is 55.0. The van der Waals surface area contributed by atoms with Gasteiger partial charge in [0.1, 0.15) is 6.10 Å². The molecule has 0 aliphatic rings. The third-order valence-electron chi connectivity index (χ3n) is 11.7. The first kappa shape index (κ1) is 57.1. The van der Waals surface area contributed by atoms with E-state index in [1.54, 1.807) is 0 Å². The van der Waals surface area contributed by atoms with Crippen LogP contribution >= 0.6 is 0 Å². The van der Waals surface area contributed by atoms with Gasteiger partial charge in [-0.1, -0.05) is 231 Å². The largest absolute Gasteiger partial charge is 0.462 e. The molecule has 346 valence electrons. The molecule has 3 unspecified atom stereocenters. The summed E-state index contributed by atoms with van der Waals surface area (Å²) in [5, 5.41) is 23.8. The van der Waals surface area contributed by atoms with E-state index in [9.17, 15) is 19.8 Å². The summed E-state index contributed by atoms with van der Waals surface area (Å²) < 4.78 is 5.90. The highest BCUT2D eigenvalue weighted by Gasteiger charge is 2.24. The Morgan fingerprint density at radius 1 is 0.508 bits per heavy atom. The van der Waals surface area contributed by atoms with Gasteiger partial charge in [-0.15, -0.1) is 0 Å². The van der Waals surface area contributed by atoms with E-state index in [0.29, 0.717) is 19.3 Å². The predicted molar refractivity (Wildman–Crippen MR) is 255 cm³/mol. The van der Waals surface area contributed by atoms with Crippen LogP contribution in [-0.2, 0) is 14.3 Å². The van der Waals surface area contributed by atoms with Crippen molar-refractivity contribution in [2.75, 3.05) is 6.61 Å². The van der Waals surface area contributed by atoms with Gasteiger partial charge >= 0.3 is 5.97 Å². The first-order chi connectivity index (χ1) is 29.0.